The number of nitrogens with two attached hydrogens (primary N) is 1. The second-order valence-electron chi connectivity index (χ2n) is 4.38. The third-order valence-corrected chi connectivity index (χ3v) is 4.04. The van der Waals surface area contributed by atoms with Crippen LogP contribution in [0, 0.1) is 0 Å². The smallest absolute Gasteiger partial charge is 0.389 e. The number of alkyl halides is 3. The average molecular weight is 330 g/mol. The molecule has 0 unspecified atom stereocenters. The van der Waals surface area contributed by atoms with Gasteiger partial charge in [-0.25, -0.2) is 0 Å². The molecular weight excluding hydrogens is 317 g/mol. The van der Waals surface area contributed by atoms with Crippen LogP contribution in [0.1, 0.15) is 16.0 Å². The summed E-state index contributed by atoms with van der Waals surface area (Å²) in [6.07, 6.45) is -3.62. The highest BCUT2D eigenvalue weighted by atomic mass is 32.1. The number of benzene rings is 1. The Balaban J connectivity index is 2.13. The van der Waals surface area contributed by atoms with E-state index in [-0.39, 0.29) is 10.6 Å². The van der Waals surface area contributed by atoms with Gasteiger partial charge in [-0.15, -0.1) is 11.3 Å². The van der Waals surface area contributed by atoms with Gasteiger partial charge in [-0.2, -0.15) is 13.2 Å². The molecule has 2 rings (SSSR count). The molecule has 0 fully saturated rings. The van der Waals surface area contributed by atoms with E-state index >= 15 is 0 Å². The maximum absolute atomic E-state index is 12.7. The van der Waals surface area contributed by atoms with Gasteiger partial charge in [0.1, 0.15) is 4.99 Å². The Morgan fingerprint density at radius 3 is 2.62 bits per heavy atom. The Bertz CT molecular complexity index is 622. The molecule has 1 heterocycles. The van der Waals surface area contributed by atoms with Gasteiger partial charge in [0.25, 0.3) is 0 Å². The van der Waals surface area contributed by atoms with Crippen molar-refractivity contribution >= 4 is 34.2 Å². The van der Waals surface area contributed by atoms with Gasteiger partial charge in [-0.3, -0.25) is 0 Å². The molecule has 2 aromatic rings. The highest BCUT2D eigenvalue weighted by Gasteiger charge is 2.31. The molecule has 0 bridgehead atoms. The lowest BCUT2D eigenvalue weighted by Crippen LogP contribution is -2.16. The summed E-state index contributed by atoms with van der Waals surface area (Å²) in [5.41, 5.74) is 5.50. The van der Waals surface area contributed by atoms with Crippen LogP contribution in [0.3, 0.4) is 0 Å². The molecule has 0 spiro atoms. The number of thiophene rings is 1. The van der Waals surface area contributed by atoms with Crippen molar-refractivity contribution in [2.45, 2.75) is 12.6 Å². The molecule has 0 aliphatic carbocycles. The largest absolute Gasteiger partial charge is 0.416 e. The molecule has 0 aliphatic heterocycles. The van der Waals surface area contributed by atoms with Crippen molar-refractivity contribution in [3.63, 3.8) is 0 Å². The fraction of sp³-hybridized carbons (Fsp3) is 0.214. The van der Waals surface area contributed by atoms with Crippen LogP contribution in [-0.2, 0) is 12.6 Å². The lowest BCUT2D eigenvalue weighted by atomic mass is 10.1. The van der Waals surface area contributed by atoms with Crippen molar-refractivity contribution in [3.05, 3.63) is 51.7 Å². The van der Waals surface area contributed by atoms with E-state index in [1.165, 1.54) is 10.9 Å². The van der Waals surface area contributed by atoms with E-state index in [2.05, 4.69) is 5.32 Å². The SMILES string of the molecule is NC(=S)c1cc(C(F)(F)F)ccc1NCCc1cccs1. The summed E-state index contributed by atoms with van der Waals surface area (Å²) >= 11 is 6.47. The number of nitrogens with one attached hydrogen (secondary N) is 1. The highest BCUT2D eigenvalue weighted by molar-refractivity contribution is 7.80. The first kappa shape index (κ1) is 15.8. The number of halogens is 3. The summed E-state index contributed by atoms with van der Waals surface area (Å²) in [5, 5.41) is 5.06. The maximum Gasteiger partial charge on any atom is 0.416 e. The van der Waals surface area contributed by atoms with Crippen molar-refractivity contribution in [2.24, 2.45) is 5.73 Å². The zero-order chi connectivity index (χ0) is 15.5. The van der Waals surface area contributed by atoms with Crippen molar-refractivity contribution in [1.82, 2.24) is 0 Å². The number of anilines is 1. The van der Waals surface area contributed by atoms with Gasteiger partial charge in [0.2, 0.25) is 0 Å². The predicted molar refractivity (Wildman–Crippen MR) is 83.8 cm³/mol. The van der Waals surface area contributed by atoms with Crippen LogP contribution >= 0.6 is 23.6 Å². The van der Waals surface area contributed by atoms with Crippen LogP contribution in [-0.4, -0.2) is 11.5 Å². The predicted octanol–water partition coefficient (Wildman–Crippen LogP) is 4.06. The van der Waals surface area contributed by atoms with E-state index in [1.807, 2.05) is 17.5 Å². The molecule has 0 saturated heterocycles. The Morgan fingerprint density at radius 1 is 1.29 bits per heavy atom. The third-order valence-electron chi connectivity index (χ3n) is 2.88. The minimum atomic E-state index is -4.41. The lowest BCUT2D eigenvalue weighted by Gasteiger charge is -2.14. The molecule has 7 heteroatoms. The van der Waals surface area contributed by atoms with Crippen molar-refractivity contribution < 1.29 is 13.2 Å². The van der Waals surface area contributed by atoms with Crippen LogP contribution in [0.15, 0.2) is 35.7 Å². The summed E-state index contributed by atoms with van der Waals surface area (Å²) < 4.78 is 38.1. The first-order valence-corrected chi connectivity index (χ1v) is 7.44. The molecule has 21 heavy (non-hydrogen) atoms. The van der Waals surface area contributed by atoms with Gasteiger partial charge in [0, 0.05) is 22.7 Å². The van der Waals surface area contributed by atoms with Crippen molar-refractivity contribution in [3.8, 4) is 0 Å². The van der Waals surface area contributed by atoms with Crippen LogP contribution in [0.5, 0.6) is 0 Å². The van der Waals surface area contributed by atoms with Gasteiger partial charge in [-0.05, 0) is 36.1 Å². The Kier molecular flexibility index (Phi) is 4.84. The van der Waals surface area contributed by atoms with E-state index < -0.39 is 11.7 Å². The van der Waals surface area contributed by atoms with E-state index in [9.17, 15) is 13.2 Å². The summed E-state index contributed by atoms with van der Waals surface area (Å²) in [6.45, 7) is 0.599. The first-order valence-electron chi connectivity index (χ1n) is 6.15. The molecule has 0 atom stereocenters. The molecule has 2 nitrogen and oxygen atoms in total. The van der Waals surface area contributed by atoms with Gasteiger partial charge in [0.15, 0.2) is 0 Å². The quantitative estimate of drug-likeness (QED) is 0.812. The molecule has 0 radical (unpaired) electrons. The van der Waals surface area contributed by atoms with E-state index in [0.717, 1.165) is 18.6 Å². The molecular formula is C14H13F3N2S2. The molecule has 0 amide bonds. The molecule has 1 aromatic carbocycles. The van der Waals surface area contributed by atoms with Crippen LogP contribution in [0.25, 0.3) is 0 Å². The zero-order valence-electron chi connectivity index (χ0n) is 10.9. The van der Waals surface area contributed by atoms with E-state index in [0.29, 0.717) is 12.2 Å². The minimum Gasteiger partial charge on any atom is -0.389 e. The highest BCUT2D eigenvalue weighted by Crippen LogP contribution is 2.31. The van der Waals surface area contributed by atoms with Crippen molar-refractivity contribution in [2.75, 3.05) is 11.9 Å². The summed E-state index contributed by atoms with van der Waals surface area (Å²) in [6, 6.07) is 7.34. The van der Waals surface area contributed by atoms with Crippen LogP contribution < -0.4 is 11.1 Å². The molecule has 0 aliphatic rings. The first-order chi connectivity index (χ1) is 9.88. The number of hydrogen-bond donors (Lipinski definition) is 2. The fourth-order valence-electron chi connectivity index (χ4n) is 1.85. The number of thiocarbonyl (C=S) groups is 1. The molecule has 112 valence electrons. The Labute approximate surface area is 129 Å². The number of rotatable bonds is 5. The molecule has 0 saturated carbocycles. The van der Waals surface area contributed by atoms with Gasteiger partial charge >= 0.3 is 6.18 Å². The van der Waals surface area contributed by atoms with Crippen LogP contribution in [0.2, 0.25) is 0 Å². The van der Waals surface area contributed by atoms with E-state index in [1.54, 1.807) is 11.3 Å². The van der Waals surface area contributed by atoms with Gasteiger partial charge < -0.3 is 11.1 Å². The van der Waals surface area contributed by atoms with Crippen LogP contribution in [0.4, 0.5) is 18.9 Å². The second kappa shape index (κ2) is 6.44. The van der Waals surface area contributed by atoms with Gasteiger partial charge in [-0.1, -0.05) is 18.3 Å². The Morgan fingerprint density at radius 2 is 2.05 bits per heavy atom. The third kappa shape index (κ3) is 4.18. The second-order valence-corrected chi connectivity index (χ2v) is 5.85. The van der Waals surface area contributed by atoms with Gasteiger partial charge in [0.05, 0.1) is 5.56 Å². The molecule has 3 N–H and O–H groups in total. The monoisotopic (exact) mass is 330 g/mol. The summed E-state index contributed by atoms with van der Waals surface area (Å²) in [7, 11) is 0. The summed E-state index contributed by atoms with van der Waals surface area (Å²) in [4.78, 5) is 1.14. The van der Waals surface area contributed by atoms with E-state index in [4.69, 9.17) is 18.0 Å². The average Bonchev–Trinajstić information content (AvgIpc) is 2.90. The molecule has 1 aromatic heterocycles. The standard InChI is InChI=1S/C14H13F3N2S2/c15-14(16,17)9-3-4-12(11(8-9)13(18)20)19-6-5-10-2-1-7-21-10/h1-4,7-8,19H,5-6H2,(H2,18,20). The topological polar surface area (TPSA) is 38.0 Å². The maximum atomic E-state index is 12.7. The van der Waals surface area contributed by atoms with Crippen molar-refractivity contribution in [1.29, 1.82) is 0 Å². The zero-order valence-corrected chi connectivity index (χ0v) is 12.5. The normalized spacial score (nSPS) is 11.4. The lowest BCUT2D eigenvalue weighted by molar-refractivity contribution is -0.137. The fourth-order valence-corrected chi connectivity index (χ4v) is 2.73. The summed E-state index contributed by atoms with van der Waals surface area (Å²) in [5.74, 6) is 0. The number of hydrogen-bond acceptors (Lipinski definition) is 3. The Hall–Kier alpha value is -1.60. The minimum absolute atomic E-state index is 0.0558.